The predicted octanol–water partition coefficient (Wildman–Crippen LogP) is 5.14. The maximum absolute atomic E-state index is 6.20. The SMILES string of the molecule is CCCNC(c1cc2ccc(C)c(C)c2o1)C(C)(C)C. The lowest BCUT2D eigenvalue weighted by atomic mass is 9.85. The Labute approximate surface area is 122 Å². The zero-order valence-corrected chi connectivity index (χ0v) is 13.6. The molecule has 0 amide bonds. The minimum atomic E-state index is 0.131. The largest absolute Gasteiger partial charge is 0.459 e. The van der Waals surface area contributed by atoms with Gasteiger partial charge in [-0.25, -0.2) is 0 Å². The molecule has 20 heavy (non-hydrogen) atoms. The van der Waals surface area contributed by atoms with Crippen LogP contribution in [-0.4, -0.2) is 6.54 Å². The van der Waals surface area contributed by atoms with E-state index in [1.165, 1.54) is 16.5 Å². The van der Waals surface area contributed by atoms with Crippen molar-refractivity contribution in [3.63, 3.8) is 0 Å². The number of rotatable bonds is 4. The zero-order chi connectivity index (χ0) is 14.9. The minimum Gasteiger partial charge on any atom is -0.459 e. The number of nitrogens with one attached hydrogen (secondary N) is 1. The highest BCUT2D eigenvalue weighted by atomic mass is 16.3. The number of fused-ring (bicyclic) bond motifs is 1. The molecule has 0 aliphatic carbocycles. The van der Waals surface area contributed by atoms with Crippen molar-refractivity contribution in [1.29, 1.82) is 0 Å². The van der Waals surface area contributed by atoms with Gasteiger partial charge in [-0.1, -0.05) is 39.8 Å². The quantitative estimate of drug-likeness (QED) is 0.834. The maximum Gasteiger partial charge on any atom is 0.137 e. The summed E-state index contributed by atoms with van der Waals surface area (Å²) in [6, 6.07) is 6.77. The fraction of sp³-hybridized carbons (Fsp3) is 0.556. The van der Waals surface area contributed by atoms with Crippen LogP contribution in [0.1, 0.15) is 57.0 Å². The zero-order valence-electron chi connectivity index (χ0n) is 13.6. The summed E-state index contributed by atoms with van der Waals surface area (Å²) < 4.78 is 6.20. The van der Waals surface area contributed by atoms with Crippen LogP contribution in [-0.2, 0) is 0 Å². The smallest absolute Gasteiger partial charge is 0.137 e. The first-order valence-corrected chi connectivity index (χ1v) is 7.57. The van der Waals surface area contributed by atoms with E-state index in [0.717, 1.165) is 24.3 Å². The van der Waals surface area contributed by atoms with Gasteiger partial charge in [-0.2, -0.15) is 0 Å². The van der Waals surface area contributed by atoms with Crippen molar-refractivity contribution in [2.45, 2.75) is 54.0 Å². The molecule has 110 valence electrons. The van der Waals surface area contributed by atoms with Gasteiger partial charge in [0.2, 0.25) is 0 Å². The summed E-state index contributed by atoms with van der Waals surface area (Å²) in [4.78, 5) is 0. The van der Waals surface area contributed by atoms with Crippen molar-refractivity contribution >= 4 is 11.0 Å². The average molecular weight is 273 g/mol. The van der Waals surface area contributed by atoms with Gasteiger partial charge in [0.1, 0.15) is 11.3 Å². The molecule has 2 aromatic rings. The van der Waals surface area contributed by atoms with E-state index < -0.39 is 0 Å². The lowest BCUT2D eigenvalue weighted by Crippen LogP contribution is -2.32. The van der Waals surface area contributed by atoms with Crippen molar-refractivity contribution < 1.29 is 4.42 Å². The van der Waals surface area contributed by atoms with E-state index in [4.69, 9.17) is 4.42 Å². The van der Waals surface area contributed by atoms with Gasteiger partial charge >= 0.3 is 0 Å². The number of hydrogen-bond donors (Lipinski definition) is 1. The average Bonchev–Trinajstić information content (AvgIpc) is 2.77. The highest BCUT2D eigenvalue weighted by Crippen LogP contribution is 2.36. The van der Waals surface area contributed by atoms with Crippen LogP contribution in [0, 0.1) is 19.3 Å². The third-order valence-electron chi connectivity index (χ3n) is 3.97. The van der Waals surface area contributed by atoms with Gasteiger partial charge in [-0.05, 0) is 49.4 Å². The lowest BCUT2D eigenvalue weighted by molar-refractivity contribution is 0.241. The van der Waals surface area contributed by atoms with Crippen molar-refractivity contribution in [3.05, 3.63) is 35.1 Å². The second-order valence-electron chi connectivity index (χ2n) is 6.83. The first kappa shape index (κ1) is 15.1. The highest BCUT2D eigenvalue weighted by Gasteiger charge is 2.28. The normalized spacial score (nSPS) is 13.9. The molecule has 1 aromatic heterocycles. The number of aryl methyl sites for hydroxylation is 2. The Bertz CT molecular complexity index is 589. The molecule has 2 heteroatoms. The molecule has 1 atom stereocenters. The Hall–Kier alpha value is -1.28. The van der Waals surface area contributed by atoms with Crippen LogP contribution in [0.3, 0.4) is 0 Å². The van der Waals surface area contributed by atoms with Gasteiger partial charge in [0.05, 0.1) is 6.04 Å². The molecule has 1 aromatic carbocycles. The summed E-state index contributed by atoms with van der Waals surface area (Å²) in [6.07, 6.45) is 1.13. The standard InChI is InChI=1S/C18H27NO/c1-7-10-19-17(18(4,5)6)15-11-14-9-8-12(2)13(3)16(14)20-15/h8-9,11,17,19H,7,10H2,1-6H3. The molecule has 0 aliphatic heterocycles. The molecule has 0 aliphatic rings. The fourth-order valence-corrected chi connectivity index (χ4v) is 2.63. The molecular formula is C18H27NO. The molecule has 2 nitrogen and oxygen atoms in total. The van der Waals surface area contributed by atoms with Gasteiger partial charge in [0.25, 0.3) is 0 Å². The molecule has 0 fully saturated rings. The number of hydrogen-bond acceptors (Lipinski definition) is 2. The van der Waals surface area contributed by atoms with E-state index in [1.54, 1.807) is 0 Å². The molecule has 2 rings (SSSR count). The van der Waals surface area contributed by atoms with Crippen LogP contribution in [0.25, 0.3) is 11.0 Å². The monoisotopic (exact) mass is 273 g/mol. The molecular weight excluding hydrogens is 246 g/mol. The highest BCUT2D eigenvalue weighted by molar-refractivity contribution is 5.82. The van der Waals surface area contributed by atoms with Crippen LogP contribution in [0.15, 0.2) is 22.6 Å². The lowest BCUT2D eigenvalue weighted by Gasteiger charge is -2.30. The number of benzene rings is 1. The summed E-state index contributed by atoms with van der Waals surface area (Å²) in [5, 5.41) is 4.83. The van der Waals surface area contributed by atoms with Gasteiger partial charge in [-0.3, -0.25) is 0 Å². The van der Waals surface area contributed by atoms with E-state index >= 15 is 0 Å². The van der Waals surface area contributed by atoms with Gasteiger partial charge in [0, 0.05) is 5.39 Å². The van der Waals surface area contributed by atoms with Gasteiger partial charge < -0.3 is 9.73 Å². The number of furan rings is 1. The van der Waals surface area contributed by atoms with E-state index in [1.807, 2.05) is 0 Å². The Morgan fingerprint density at radius 2 is 1.90 bits per heavy atom. The third-order valence-corrected chi connectivity index (χ3v) is 3.97. The first-order valence-electron chi connectivity index (χ1n) is 7.57. The summed E-state index contributed by atoms with van der Waals surface area (Å²) in [6.45, 7) is 14.2. The minimum absolute atomic E-state index is 0.131. The topological polar surface area (TPSA) is 25.2 Å². The molecule has 0 saturated carbocycles. The molecule has 0 saturated heterocycles. The first-order chi connectivity index (χ1) is 9.34. The maximum atomic E-state index is 6.20. The Morgan fingerprint density at radius 1 is 1.20 bits per heavy atom. The summed E-state index contributed by atoms with van der Waals surface area (Å²) in [5.41, 5.74) is 3.70. The van der Waals surface area contributed by atoms with Crippen LogP contribution in [0.2, 0.25) is 0 Å². The second kappa shape index (κ2) is 5.61. The summed E-state index contributed by atoms with van der Waals surface area (Å²) in [5.74, 6) is 1.05. The molecule has 0 spiro atoms. The van der Waals surface area contributed by atoms with E-state index in [0.29, 0.717) is 0 Å². The molecule has 1 heterocycles. The Balaban J connectivity index is 2.46. The molecule has 1 unspecified atom stereocenters. The van der Waals surface area contributed by atoms with Crippen molar-refractivity contribution in [2.75, 3.05) is 6.54 Å². The van der Waals surface area contributed by atoms with Gasteiger partial charge in [-0.15, -0.1) is 0 Å². The predicted molar refractivity (Wildman–Crippen MR) is 86.2 cm³/mol. The Kier molecular flexibility index (Phi) is 4.24. The molecule has 0 bridgehead atoms. The van der Waals surface area contributed by atoms with Gasteiger partial charge in [0.15, 0.2) is 0 Å². The second-order valence-corrected chi connectivity index (χ2v) is 6.83. The van der Waals surface area contributed by atoms with Crippen molar-refractivity contribution in [1.82, 2.24) is 5.32 Å². The third kappa shape index (κ3) is 2.90. The van der Waals surface area contributed by atoms with E-state index in [-0.39, 0.29) is 11.5 Å². The molecule has 1 N–H and O–H groups in total. The van der Waals surface area contributed by atoms with Crippen LogP contribution < -0.4 is 5.32 Å². The van der Waals surface area contributed by atoms with Crippen molar-refractivity contribution in [3.8, 4) is 0 Å². The Morgan fingerprint density at radius 3 is 2.50 bits per heavy atom. The fourth-order valence-electron chi connectivity index (χ4n) is 2.63. The van der Waals surface area contributed by atoms with Crippen LogP contribution >= 0.6 is 0 Å². The summed E-state index contributed by atoms with van der Waals surface area (Å²) in [7, 11) is 0. The van der Waals surface area contributed by atoms with Crippen LogP contribution in [0.4, 0.5) is 0 Å². The van der Waals surface area contributed by atoms with E-state index in [2.05, 4.69) is 65.1 Å². The van der Waals surface area contributed by atoms with Crippen LogP contribution in [0.5, 0.6) is 0 Å². The molecule has 0 radical (unpaired) electrons. The summed E-state index contributed by atoms with van der Waals surface area (Å²) >= 11 is 0. The van der Waals surface area contributed by atoms with E-state index in [9.17, 15) is 0 Å². The van der Waals surface area contributed by atoms with Crippen molar-refractivity contribution in [2.24, 2.45) is 5.41 Å².